The van der Waals surface area contributed by atoms with Crippen molar-refractivity contribution in [3.63, 3.8) is 0 Å². The summed E-state index contributed by atoms with van der Waals surface area (Å²) >= 11 is 9.76. The number of nitrogens with zero attached hydrogens (tertiary/aromatic N) is 2. The first kappa shape index (κ1) is 27.8. The molecule has 4 aromatic rings. The number of nitrogens with one attached hydrogen (secondary N) is 1. The third kappa shape index (κ3) is 4.92. The van der Waals surface area contributed by atoms with Crippen LogP contribution in [0.4, 0.5) is 4.39 Å². The lowest BCUT2D eigenvalue weighted by molar-refractivity contribution is 0.00947. The van der Waals surface area contributed by atoms with Crippen LogP contribution in [0.2, 0.25) is 5.02 Å². The second kappa shape index (κ2) is 10.2. The van der Waals surface area contributed by atoms with E-state index in [1.807, 2.05) is 13.0 Å². The van der Waals surface area contributed by atoms with E-state index in [0.29, 0.717) is 45.1 Å². The second-order valence-corrected chi connectivity index (χ2v) is 12.1. The van der Waals surface area contributed by atoms with Gasteiger partial charge in [-0.15, -0.1) is 0 Å². The van der Waals surface area contributed by atoms with E-state index in [1.165, 1.54) is 19.2 Å². The summed E-state index contributed by atoms with van der Waals surface area (Å²) in [7, 11) is 1.52. The summed E-state index contributed by atoms with van der Waals surface area (Å²) in [5.74, 6) is -0.294. The molecule has 2 atom stereocenters. The number of rotatable bonds is 7. The lowest BCUT2D eigenvalue weighted by Gasteiger charge is -2.30. The number of ether oxygens (including phenoxy) is 2. The number of fused-ring (bicyclic) bond motifs is 2. The fraction of sp³-hybridized carbons (Fsp3) is 0.300. The molecule has 212 valence electrons. The number of carbonyl (C=O) groups excluding carboxylic acids is 1. The van der Waals surface area contributed by atoms with Crippen LogP contribution >= 0.6 is 27.5 Å². The van der Waals surface area contributed by atoms with Crippen molar-refractivity contribution in [2.45, 2.75) is 30.9 Å². The van der Waals surface area contributed by atoms with Gasteiger partial charge < -0.3 is 25.6 Å². The number of halogens is 3. The fourth-order valence-electron chi connectivity index (χ4n) is 5.29. The van der Waals surface area contributed by atoms with Gasteiger partial charge in [-0.3, -0.25) is 9.78 Å². The molecule has 11 heteroatoms. The number of methoxy groups -OCH3 is 1. The highest BCUT2D eigenvalue weighted by molar-refractivity contribution is 9.10. The van der Waals surface area contributed by atoms with Crippen molar-refractivity contribution in [2.75, 3.05) is 20.3 Å². The van der Waals surface area contributed by atoms with Crippen LogP contribution < -0.4 is 20.5 Å². The van der Waals surface area contributed by atoms with Crippen LogP contribution in [0, 0.1) is 11.7 Å². The van der Waals surface area contributed by atoms with Crippen LogP contribution in [0.5, 0.6) is 11.5 Å². The van der Waals surface area contributed by atoms with Crippen LogP contribution in [0.1, 0.15) is 41.4 Å². The van der Waals surface area contributed by atoms with E-state index in [4.69, 9.17) is 31.8 Å². The second-order valence-electron chi connectivity index (χ2n) is 10.8. The van der Waals surface area contributed by atoms with Gasteiger partial charge in [0.25, 0.3) is 5.91 Å². The zero-order chi connectivity index (χ0) is 29.1. The molecule has 3 heterocycles. The van der Waals surface area contributed by atoms with Crippen molar-refractivity contribution in [2.24, 2.45) is 11.7 Å². The summed E-state index contributed by atoms with van der Waals surface area (Å²) in [5, 5.41) is 15.6. The first-order valence-electron chi connectivity index (χ1n) is 13.1. The zero-order valence-corrected chi connectivity index (χ0v) is 24.6. The fourth-order valence-corrected chi connectivity index (χ4v) is 5.86. The molecule has 0 unspecified atom stereocenters. The first-order chi connectivity index (χ1) is 19.5. The number of carbonyl (C=O) groups is 1. The molecule has 8 nitrogen and oxygen atoms in total. The standard InChI is InChI=1S/C30H27BrClFN4O4/c1-29(34)14-41-27-20(29)11-23(37-26(27)19-4-3-5-21(33)24(19)32)30(39,17-6-7-17)13-36-28(38)16-8-15-9-18(31)12-35-25(15)22(10-16)40-2/h3-5,8-12,17,39H,6-7,13-14,34H2,1-2H3,(H,36,38)/t29-,30+/m0/s1. The van der Waals surface area contributed by atoms with E-state index >= 15 is 0 Å². The van der Waals surface area contributed by atoms with Gasteiger partial charge >= 0.3 is 0 Å². The molecular formula is C30H27BrClFN4O4. The smallest absolute Gasteiger partial charge is 0.251 e. The monoisotopic (exact) mass is 640 g/mol. The van der Waals surface area contributed by atoms with Crippen LogP contribution in [0.3, 0.4) is 0 Å². The van der Waals surface area contributed by atoms with Gasteiger partial charge in [0.2, 0.25) is 0 Å². The molecule has 41 heavy (non-hydrogen) atoms. The molecule has 0 spiro atoms. The molecule has 0 radical (unpaired) electrons. The predicted molar refractivity (Wildman–Crippen MR) is 157 cm³/mol. The van der Waals surface area contributed by atoms with Gasteiger partial charge in [-0.1, -0.05) is 23.7 Å². The Kier molecular flexibility index (Phi) is 6.93. The van der Waals surface area contributed by atoms with E-state index in [0.717, 1.165) is 22.7 Å². The molecule has 2 aromatic heterocycles. The summed E-state index contributed by atoms with van der Waals surface area (Å²) in [6.45, 7) is 1.89. The summed E-state index contributed by atoms with van der Waals surface area (Å²) in [4.78, 5) is 22.6. The average Bonchev–Trinajstić information content (AvgIpc) is 3.77. The Bertz CT molecular complexity index is 1710. The number of nitrogens with two attached hydrogens (primary N) is 1. The van der Waals surface area contributed by atoms with Gasteiger partial charge in [-0.05, 0) is 71.9 Å². The van der Waals surface area contributed by atoms with Gasteiger partial charge in [0.05, 0.1) is 29.9 Å². The number of pyridine rings is 2. The lowest BCUT2D eigenvalue weighted by Crippen LogP contribution is -2.43. The highest BCUT2D eigenvalue weighted by Gasteiger charge is 2.48. The maximum Gasteiger partial charge on any atom is 0.251 e. The first-order valence-corrected chi connectivity index (χ1v) is 14.2. The minimum atomic E-state index is -1.52. The topological polar surface area (TPSA) is 120 Å². The minimum absolute atomic E-state index is 0.108. The number of aliphatic hydroxyl groups is 1. The van der Waals surface area contributed by atoms with Gasteiger partial charge in [0.15, 0.2) is 5.75 Å². The molecule has 1 saturated carbocycles. The summed E-state index contributed by atoms with van der Waals surface area (Å²) < 4.78 is 26.6. The highest BCUT2D eigenvalue weighted by Crippen LogP contribution is 2.49. The maximum atomic E-state index is 14.4. The molecule has 6 rings (SSSR count). The molecule has 4 N–H and O–H groups in total. The summed E-state index contributed by atoms with van der Waals surface area (Å²) in [6.07, 6.45) is 3.16. The number of benzene rings is 2. The van der Waals surface area contributed by atoms with Crippen LogP contribution in [0.15, 0.2) is 53.1 Å². The Morgan fingerprint density at radius 3 is 2.85 bits per heavy atom. The van der Waals surface area contributed by atoms with E-state index in [2.05, 4.69) is 26.2 Å². The minimum Gasteiger partial charge on any atom is -0.494 e. The SMILES string of the molecule is COc1cc(C(=O)NC[C@](O)(c2cc3c(c(-c4cccc(F)c4Cl)n2)OC[C@]3(C)N)C2CC2)cc2cc(Br)cnc12. The number of hydrogen-bond acceptors (Lipinski definition) is 7. The third-order valence-electron chi connectivity index (χ3n) is 7.72. The summed E-state index contributed by atoms with van der Waals surface area (Å²) in [5.41, 5.74) is 6.68. The van der Waals surface area contributed by atoms with Crippen molar-refractivity contribution in [3.05, 3.63) is 80.8 Å². The molecule has 1 aliphatic carbocycles. The largest absolute Gasteiger partial charge is 0.494 e. The van der Waals surface area contributed by atoms with E-state index in [-0.39, 0.29) is 24.1 Å². The quantitative estimate of drug-likeness (QED) is 0.245. The molecule has 2 aromatic carbocycles. The molecule has 0 saturated heterocycles. The maximum absolute atomic E-state index is 14.4. The lowest BCUT2D eigenvalue weighted by atomic mass is 9.87. The van der Waals surface area contributed by atoms with Crippen molar-refractivity contribution in [1.29, 1.82) is 0 Å². The summed E-state index contributed by atoms with van der Waals surface area (Å²) in [6, 6.07) is 11.3. The van der Waals surface area contributed by atoms with Gasteiger partial charge in [0, 0.05) is 32.7 Å². The Labute approximate surface area is 249 Å². The van der Waals surface area contributed by atoms with E-state index in [9.17, 15) is 14.3 Å². The van der Waals surface area contributed by atoms with Crippen molar-refractivity contribution < 1.29 is 23.8 Å². The normalized spacial score (nSPS) is 19.4. The van der Waals surface area contributed by atoms with Crippen molar-refractivity contribution in [3.8, 4) is 22.8 Å². The number of aromatic nitrogens is 2. The average molecular weight is 642 g/mol. The van der Waals surface area contributed by atoms with Gasteiger partial charge in [0.1, 0.15) is 35.0 Å². The van der Waals surface area contributed by atoms with Crippen LogP contribution in [-0.4, -0.2) is 41.2 Å². The Morgan fingerprint density at radius 1 is 1.34 bits per heavy atom. The Morgan fingerprint density at radius 2 is 2.12 bits per heavy atom. The van der Waals surface area contributed by atoms with Crippen LogP contribution in [0.25, 0.3) is 22.2 Å². The van der Waals surface area contributed by atoms with Gasteiger partial charge in [-0.2, -0.15) is 0 Å². The number of hydrogen-bond donors (Lipinski definition) is 3. The Balaban J connectivity index is 1.39. The number of amides is 1. The van der Waals surface area contributed by atoms with E-state index < -0.39 is 22.9 Å². The molecular weight excluding hydrogens is 615 g/mol. The van der Waals surface area contributed by atoms with E-state index in [1.54, 1.807) is 30.5 Å². The molecule has 2 aliphatic rings. The van der Waals surface area contributed by atoms with Crippen molar-refractivity contribution in [1.82, 2.24) is 15.3 Å². The predicted octanol–water partition coefficient (Wildman–Crippen LogP) is 5.45. The highest BCUT2D eigenvalue weighted by atomic mass is 79.9. The molecule has 1 fully saturated rings. The zero-order valence-electron chi connectivity index (χ0n) is 22.3. The molecule has 1 amide bonds. The molecule has 0 bridgehead atoms. The third-order valence-corrected chi connectivity index (χ3v) is 8.54. The Hall–Kier alpha value is -3.31. The molecule has 1 aliphatic heterocycles. The van der Waals surface area contributed by atoms with Gasteiger partial charge in [-0.25, -0.2) is 9.37 Å². The van der Waals surface area contributed by atoms with Crippen LogP contribution in [-0.2, 0) is 11.1 Å². The van der Waals surface area contributed by atoms with Crippen molar-refractivity contribution >= 4 is 44.3 Å².